The lowest BCUT2D eigenvalue weighted by atomic mass is 9.86. The highest BCUT2D eigenvalue weighted by Crippen LogP contribution is 2.32. The first kappa shape index (κ1) is 64.7. The molecule has 0 saturated heterocycles. The van der Waals surface area contributed by atoms with E-state index < -0.39 is 68.7 Å². The number of ether oxygens (including phenoxy) is 2. The van der Waals surface area contributed by atoms with Crippen LogP contribution in [0.4, 0.5) is 0 Å². The molecule has 12 nitrogen and oxygen atoms in total. The normalized spacial score (nSPS) is 15.8. The van der Waals surface area contributed by atoms with Crippen LogP contribution < -0.4 is 0 Å². The van der Waals surface area contributed by atoms with Gasteiger partial charge in [0.1, 0.15) is 6.10 Å². The zero-order valence-corrected chi connectivity index (χ0v) is 50.1. The van der Waals surface area contributed by atoms with Crippen LogP contribution in [0.15, 0.2) is 219 Å². The lowest BCUT2D eigenvalue weighted by Gasteiger charge is -2.32. The highest BCUT2D eigenvalue weighted by molar-refractivity contribution is 9.11. The third-order valence-electron chi connectivity index (χ3n) is 12.1. The van der Waals surface area contributed by atoms with Crippen LogP contribution in [0.3, 0.4) is 0 Å². The number of unbranched alkanes of at least 4 members (excludes halogenated alkanes) is 1. The van der Waals surface area contributed by atoms with E-state index in [0.29, 0.717) is 21.6 Å². The number of hydrogen-bond donors (Lipinski definition) is 1. The van der Waals surface area contributed by atoms with Gasteiger partial charge in [-0.25, -0.2) is 34.8 Å². The number of carbonyl (C=O) groups excluding carboxylic acids is 3. The summed E-state index contributed by atoms with van der Waals surface area (Å²) in [6, 6.07) is 51.4. The lowest BCUT2D eigenvalue weighted by Crippen LogP contribution is -2.37. The zero-order chi connectivity index (χ0) is 57.6. The summed E-state index contributed by atoms with van der Waals surface area (Å²) in [5.41, 5.74) is -0.396. The van der Waals surface area contributed by atoms with E-state index in [9.17, 15) is 44.7 Å². The molecule has 1 aliphatic rings. The number of benzene rings is 6. The number of ketones is 1. The number of hydrogen-bond acceptors (Lipinski definition) is 12. The molecule has 0 bridgehead atoms. The van der Waals surface area contributed by atoms with Crippen LogP contribution in [-0.2, 0) is 39.0 Å². The summed E-state index contributed by atoms with van der Waals surface area (Å²) in [6.45, 7) is 11.1. The molecule has 0 fully saturated rings. The maximum atomic E-state index is 12.8. The van der Waals surface area contributed by atoms with Gasteiger partial charge in [0.05, 0.1) is 42.1 Å². The Morgan fingerprint density at radius 3 is 1.35 bits per heavy atom. The second-order valence-corrected chi connectivity index (χ2v) is 28.3. The maximum Gasteiger partial charge on any atom is 0.339 e. The number of alkyl halides is 1. The maximum absolute atomic E-state index is 12.8. The summed E-state index contributed by atoms with van der Waals surface area (Å²) < 4.78 is 85.5. The van der Waals surface area contributed by atoms with Gasteiger partial charge in [0.15, 0.2) is 45.9 Å². The van der Waals surface area contributed by atoms with Crippen molar-refractivity contribution in [3.05, 3.63) is 221 Å². The van der Waals surface area contributed by atoms with Crippen molar-refractivity contribution in [2.24, 2.45) is 5.41 Å². The van der Waals surface area contributed by atoms with Crippen molar-refractivity contribution < 1.29 is 54.2 Å². The van der Waals surface area contributed by atoms with Crippen LogP contribution in [0.5, 0.6) is 0 Å². The van der Waals surface area contributed by atoms with E-state index in [0.717, 1.165) is 17.3 Å². The van der Waals surface area contributed by atoms with Crippen molar-refractivity contribution in [2.45, 2.75) is 116 Å². The SMILES string of the molecule is CC(CC(Br)OC(=O)c1ccccc1)S(=O)(=O)c1ccccc1.CC(CC(OC(=O)c1ccccc1)C(C)(C)C)S(=O)(=O)c1ccccc1.CCCCS(=O)(=O)c1ccccc1.O=C(c1ccccc1)C1(O)C=CC=C(Br)C1. The monoisotopic (exact) mass is 1250 g/mol. The molecule has 0 radical (unpaired) electrons. The van der Waals surface area contributed by atoms with E-state index in [-0.39, 0.29) is 46.0 Å². The van der Waals surface area contributed by atoms with Crippen LogP contribution in [0.1, 0.15) is 105 Å². The van der Waals surface area contributed by atoms with E-state index in [2.05, 4.69) is 31.9 Å². The molecule has 78 heavy (non-hydrogen) atoms. The molecule has 7 rings (SSSR count). The lowest BCUT2D eigenvalue weighted by molar-refractivity contribution is -0.00589. The number of rotatable bonds is 18. The number of halogens is 2. The van der Waals surface area contributed by atoms with Crippen LogP contribution >= 0.6 is 31.9 Å². The average molecular weight is 1250 g/mol. The quantitative estimate of drug-likeness (QED) is 0.0487. The van der Waals surface area contributed by atoms with E-state index in [1.807, 2.05) is 52.0 Å². The molecule has 0 aromatic heterocycles. The summed E-state index contributed by atoms with van der Waals surface area (Å²) in [4.78, 5) is 37.5. The highest BCUT2D eigenvalue weighted by Gasteiger charge is 2.36. The fourth-order valence-electron chi connectivity index (χ4n) is 7.42. The molecule has 17 heteroatoms. The fourth-order valence-corrected chi connectivity index (χ4v) is 13.3. The van der Waals surface area contributed by atoms with Crippen molar-refractivity contribution >= 4 is 79.1 Å². The Balaban J connectivity index is 0.000000232. The molecule has 1 N–H and O–H groups in total. The van der Waals surface area contributed by atoms with Crippen LogP contribution in [-0.4, -0.2) is 81.1 Å². The third-order valence-corrected chi connectivity index (χ3v) is 19.4. The Bertz CT molecular complexity index is 3230. The van der Waals surface area contributed by atoms with Crippen molar-refractivity contribution in [1.29, 1.82) is 0 Å². The Labute approximate surface area is 478 Å². The van der Waals surface area contributed by atoms with Gasteiger partial charge in [-0.1, -0.05) is 184 Å². The Morgan fingerprint density at radius 2 is 0.949 bits per heavy atom. The first-order valence-electron chi connectivity index (χ1n) is 25.2. The number of carbonyl (C=O) groups is 3. The Morgan fingerprint density at radius 1 is 0.577 bits per heavy atom. The molecule has 1 aliphatic carbocycles. The number of aliphatic hydroxyl groups is 1. The van der Waals surface area contributed by atoms with Crippen LogP contribution in [0, 0.1) is 5.41 Å². The first-order chi connectivity index (χ1) is 36.8. The molecule has 0 amide bonds. The highest BCUT2D eigenvalue weighted by atomic mass is 79.9. The van der Waals surface area contributed by atoms with E-state index in [4.69, 9.17) is 9.47 Å². The third kappa shape index (κ3) is 20.1. The number of sulfone groups is 3. The predicted octanol–water partition coefficient (Wildman–Crippen LogP) is 13.4. The molecule has 6 aromatic rings. The van der Waals surface area contributed by atoms with E-state index in [1.165, 1.54) is 6.08 Å². The largest absolute Gasteiger partial charge is 0.458 e. The van der Waals surface area contributed by atoms with Gasteiger partial charge in [-0.15, -0.1) is 0 Å². The van der Waals surface area contributed by atoms with Crippen molar-refractivity contribution in [3.63, 3.8) is 0 Å². The van der Waals surface area contributed by atoms with Crippen LogP contribution in [0.2, 0.25) is 0 Å². The van der Waals surface area contributed by atoms with Gasteiger partial charge in [0, 0.05) is 24.8 Å². The molecule has 0 heterocycles. The van der Waals surface area contributed by atoms with Gasteiger partial charge >= 0.3 is 11.9 Å². The predicted molar refractivity (Wildman–Crippen MR) is 315 cm³/mol. The van der Waals surface area contributed by atoms with E-state index >= 15 is 0 Å². The second kappa shape index (κ2) is 30.5. The minimum absolute atomic E-state index is 0.163. The number of allylic oxidation sites excluding steroid dienone is 2. The topological polar surface area (TPSA) is 192 Å². The smallest absolute Gasteiger partial charge is 0.339 e. The van der Waals surface area contributed by atoms with Crippen molar-refractivity contribution in [3.8, 4) is 0 Å². The second-order valence-electron chi connectivity index (χ2n) is 19.4. The summed E-state index contributed by atoms with van der Waals surface area (Å²) in [5.74, 6) is -0.936. The van der Waals surface area contributed by atoms with Gasteiger partial charge < -0.3 is 14.6 Å². The fraction of sp³-hybridized carbons (Fsp3) is 0.295. The van der Waals surface area contributed by atoms with E-state index in [1.54, 1.807) is 184 Å². The molecule has 0 saturated carbocycles. The minimum Gasteiger partial charge on any atom is -0.458 e. The molecule has 5 atom stereocenters. The average Bonchev–Trinajstić information content (AvgIpc) is 3.45. The van der Waals surface area contributed by atoms with Gasteiger partial charge in [-0.3, -0.25) is 4.79 Å². The summed E-state index contributed by atoms with van der Waals surface area (Å²) in [7, 11) is -9.96. The molecule has 0 spiro atoms. The van der Waals surface area contributed by atoms with Gasteiger partial charge in [0.25, 0.3) is 0 Å². The standard InChI is InChI=1S/C21H26O4S.C17H17BrO4S.C13H11BrO2.C10H14O2S/c1-16(26(23,24)18-13-9-6-10-14-18)15-19(21(2,3)4)25-20(22)17-11-7-5-8-12-17;1-13(23(20,21)15-10-6-3-7-11-15)12-16(18)22-17(19)14-8-4-2-5-9-14;14-11-7-4-8-13(16,9-11)12(15)10-5-2-1-3-6-10;1-2-3-9-13(11,12)10-7-5-4-6-8-10/h5-14,16,19H,15H2,1-4H3;2-11,13,16H,12H2,1H3;1-8,16H,9H2;4-8H,2-3,9H2,1H3. The molecule has 0 aliphatic heterocycles. The summed E-state index contributed by atoms with van der Waals surface area (Å²) in [5, 5.41) is 8.23. The Kier molecular flexibility index (Phi) is 25.3. The number of Topliss-reactive ketones (excluding diaryl/α,β-unsaturated/α-hetero) is 1. The van der Waals surface area contributed by atoms with Crippen molar-refractivity contribution in [1.82, 2.24) is 0 Å². The molecule has 6 aromatic carbocycles. The Hall–Kier alpha value is -5.82. The zero-order valence-electron chi connectivity index (χ0n) is 44.5. The molecular formula is C61H68Br2O12S3. The minimum atomic E-state index is -3.49. The van der Waals surface area contributed by atoms with Gasteiger partial charge in [-0.2, -0.15) is 0 Å². The van der Waals surface area contributed by atoms with Crippen LogP contribution in [0.25, 0.3) is 0 Å². The van der Waals surface area contributed by atoms with Gasteiger partial charge in [0.2, 0.25) is 0 Å². The van der Waals surface area contributed by atoms with Crippen molar-refractivity contribution in [2.75, 3.05) is 5.75 Å². The molecule has 5 unspecified atom stereocenters. The first-order valence-corrected chi connectivity index (χ1v) is 31.6. The van der Waals surface area contributed by atoms with Gasteiger partial charge in [-0.05, 0) is 113 Å². The molecule has 416 valence electrons. The summed E-state index contributed by atoms with van der Waals surface area (Å²) >= 11 is 6.54. The number of esters is 2. The summed E-state index contributed by atoms with van der Waals surface area (Å²) in [6.07, 6.45) is 6.85. The molecular weight excluding hydrogens is 1180 g/mol.